The number of aromatic hydroxyl groups is 1. The van der Waals surface area contributed by atoms with E-state index in [1.54, 1.807) is 0 Å². The zero-order valence-corrected chi connectivity index (χ0v) is 12.2. The summed E-state index contributed by atoms with van der Waals surface area (Å²) in [6, 6.07) is 16.3. The number of phenols is 1. The van der Waals surface area contributed by atoms with Crippen LogP contribution < -0.4 is 15.1 Å². The number of nitrogens with one attached hydrogen (secondary N) is 1. The molecule has 21 heavy (non-hydrogen) atoms. The van der Waals surface area contributed by atoms with Crippen molar-refractivity contribution in [2.75, 3.05) is 48.3 Å². The van der Waals surface area contributed by atoms with Gasteiger partial charge in [0, 0.05) is 50.3 Å². The number of benzene rings is 2. The maximum atomic E-state index is 6.88. The second kappa shape index (κ2) is 5.95. The van der Waals surface area contributed by atoms with Crippen molar-refractivity contribution in [2.45, 2.75) is 0 Å². The van der Waals surface area contributed by atoms with Crippen LogP contribution in [0.2, 0.25) is 0 Å². The molecule has 4 nitrogen and oxygen atoms in total. The van der Waals surface area contributed by atoms with Crippen molar-refractivity contribution in [3.63, 3.8) is 0 Å². The van der Waals surface area contributed by atoms with Gasteiger partial charge in [0.25, 0.3) is 1.43 Å². The van der Waals surface area contributed by atoms with Crippen molar-refractivity contribution < 1.29 is 5.11 Å². The summed E-state index contributed by atoms with van der Waals surface area (Å²) < 4.78 is 6.88. The lowest BCUT2D eigenvalue weighted by atomic mass is 10.2. The molecule has 0 aliphatic carbocycles. The molecule has 1 aliphatic heterocycles. The minimum Gasteiger partial charge on any atom is -0.508 e. The summed E-state index contributed by atoms with van der Waals surface area (Å²) in [5.41, 5.74) is 3.60. The zero-order valence-electron chi connectivity index (χ0n) is 13.2. The summed E-state index contributed by atoms with van der Waals surface area (Å²) >= 11 is 0. The van der Waals surface area contributed by atoms with E-state index in [0.29, 0.717) is 5.75 Å². The molecule has 0 unspecified atom stereocenters. The van der Waals surface area contributed by atoms with E-state index in [1.807, 2.05) is 31.3 Å². The van der Waals surface area contributed by atoms with Gasteiger partial charge in [0.2, 0.25) is 0 Å². The van der Waals surface area contributed by atoms with Gasteiger partial charge in [0.05, 0.1) is 0 Å². The van der Waals surface area contributed by atoms with Gasteiger partial charge in [-0.15, -0.1) is 0 Å². The van der Waals surface area contributed by atoms with Gasteiger partial charge in [-0.1, -0.05) is 0 Å². The van der Waals surface area contributed by atoms with Gasteiger partial charge < -0.3 is 20.2 Å². The Morgan fingerprint density at radius 3 is 1.76 bits per heavy atom. The minimum absolute atomic E-state index is 0.576. The average Bonchev–Trinajstić information content (AvgIpc) is 2.62. The van der Waals surface area contributed by atoms with Crippen molar-refractivity contribution >= 4 is 17.1 Å². The average molecular weight is 285 g/mol. The highest BCUT2D eigenvalue weighted by Crippen LogP contribution is 2.23. The molecular formula is C17H21N3O. The van der Waals surface area contributed by atoms with Crippen molar-refractivity contribution in [3.8, 4) is 5.75 Å². The third-order valence-corrected chi connectivity index (χ3v) is 4.00. The summed E-state index contributed by atoms with van der Waals surface area (Å²) in [6.07, 6.45) is 0. The fourth-order valence-electron chi connectivity index (χ4n) is 2.72. The predicted molar refractivity (Wildman–Crippen MR) is 88.5 cm³/mol. The van der Waals surface area contributed by atoms with Gasteiger partial charge in [-0.25, -0.2) is 0 Å². The first-order valence-electron chi connectivity index (χ1n) is 7.72. The molecule has 0 spiro atoms. The lowest BCUT2D eigenvalue weighted by Crippen LogP contribution is -2.46. The summed E-state index contributed by atoms with van der Waals surface area (Å²) in [4.78, 5) is 4.78. The van der Waals surface area contributed by atoms with Crippen LogP contribution in [0.15, 0.2) is 48.5 Å². The lowest BCUT2D eigenvalue weighted by Gasteiger charge is -2.37. The smallest absolute Gasteiger partial charge is 0.293 e. The van der Waals surface area contributed by atoms with E-state index in [0.717, 1.165) is 31.9 Å². The topological polar surface area (TPSA) is 38.7 Å². The second-order valence-electron chi connectivity index (χ2n) is 5.26. The normalized spacial score (nSPS) is 15.6. The highest BCUT2D eigenvalue weighted by atomic mass is 16.3. The summed E-state index contributed by atoms with van der Waals surface area (Å²) in [5.74, 6) is 0.576. The second-order valence-corrected chi connectivity index (χ2v) is 5.26. The molecule has 1 saturated heterocycles. The molecule has 2 N–H and O–H groups in total. The van der Waals surface area contributed by atoms with E-state index in [4.69, 9.17) is 1.43 Å². The molecule has 4 heteroatoms. The Morgan fingerprint density at radius 1 is 0.857 bits per heavy atom. The Kier molecular flexibility index (Phi) is 3.51. The number of piperazine rings is 1. The highest BCUT2D eigenvalue weighted by Gasteiger charge is 2.17. The van der Waals surface area contributed by atoms with Gasteiger partial charge in [-0.05, 0) is 48.5 Å². The van der Waals surface area contributed by atoms with E-state index >= 15 is 0 Å². The third-order valence-electron chi connectivity index (χ3n) is 4.00. The number of phenolic OH excluding ortho intramolecular Hbond substituents is 1. The first-order chi connectivity index (χ1) is 10.8. The number of anilines is 3. The Bertz CT molecular complexity index is 537. The van der Waals surface area contributed by atoms with Gasteiger partial charge in [-0.2, -0.15) is 0 Å². The Labute approximate surface area is 127 Å². The highest BCUT2D eigenvalue weighted by molar-refractivity contribution is 5.56. The minimum atomic E-state index is 0.576. The number of hydrogen-bond donors (Lipinski definition) is 2. The molecule has 0 aromatic heterocycles. The molecule has 0 saturated carbocycles. The van der Waals surface area contributed by atoms with Gasteiger partial charge in [0.15, 0.2) is 0 Å². The largest absolute Gasteiger partial charge is 0.508 e. The van der Waals surface area contributed by atoms with Gasteiger partial charge in [0.1, 0.15) is 5.75 Å². The van der Waals surface area contributed by atoms with Crippen LogP contribution in [-0.2, 0) is 0 Å². The standard InChI is InChI=1S/C17H21N3O/c1-18-14-2-4-15(5-3-14)19-10-12-20(13-11-19)16-6-8-17(21)9-7-16/h2-9,18,21H,10-13H2,1H3/i/hT. The molecule has 0 bridgehead atoms. The van der Waals surface area contributed by atoms with Crippen LogP contribution in [0, 0.1) is 0 Å². The molecule has 0 radical (unpaired) electrons. The third kappa shape index (κ3) is 3.05. The first kappa shape index (κ1) is 12.4. The van der Waals surface area contributed by atoms with Crippen molar-refractivity contribution in [1.29, 1.82) is 1.43 Å². The molecule has 1 fully saturated rings. The molecule has 110 valence electrons. The fourth-order valence-corrected chi connectivity index (χ4v) is 2.72. The monoisotopic (exact) mass is 285 g/mol. The van der Waals surface area contributed by atoms with Crippen LogP contribution in [0.3, 0.4) is 0 Å². The summed E-state index contributed by atoms with van der Waals surface area (Å²) in [7, 11) is 1.94. The molecule has 1 heterocycles. The summed E-state index contributed by atoms with van der Waals surface area (Å²) in [5, 5.41) is 7.61. The Morgan fingerprint density at radius 2 is 1.33 bits per heavy atom. The first-order valence-corrected chi connectivity index (χ1v) is 7.31. The van der Waals surface area contributed by atoms with E-state index in [1.165, 1.54) is 11.4 Å². The molecule has 1 aliphatic rings. The lowest BCUT2D eigenvalue weighted by molar-refractivity contribution is 0.475. The van der Waals surface area contributed by atoms with Crippen molar-refractivity contribution in [3.05, 3.63) is 48.5 Å². The Balaban J connectivity index is 1.61. The van der Waals surface area contributed by atoms with Crippen LogP contribution in [0.1, 0.15) is 0 Å². The number of rotatable bonds is 4. The Hall–Kier alpha value is -2.36. The van der Waals surface area contributed by atoms with Crippen molar-refractivity contribution in [2.24, 2.45) is 0 Å². The van der Waals surface area contributed by atoms with Gasteiger partial charge in [-0.3, -0.25) is 0 Å². The van der Waals surface area contributed by atoms with E-state index in [-0.39, 0.29) is 0 Å². The van der Waals surface area contributed by atoms with Gasteiger partial charge >= 0.3 is 0 Å². The zero-order chi connectivity index (χ0) is 15.4. The maximum absolute atomic E-state index is 6.88. The van der Waals surface area contributed by atoms with Crippen LogP contribution in [0.25, 0.3) is 0 Å². The van der Waals surface area contributed by atoms with Crippen LogP contribution in [0.4, 0.5) is 17.1 Å². The van der Waals surface area contributed by atoms with Crippen LogP contribution >= 0.6 is 0 Å². The maximum Gasteiger partial charge on any atom is 0.293 e. The fraction of sp³-hybridized carbons (Fsp3) is 0.294. The number of hydrogen-bond acceptors (Lipinski definition) is 4. The molecule has 3 rings (SSSR count). The quantitative estimate of drug-likeness (QED) is 0.906. The molecule has 2 aromatic rings. The van der Waals surface area contributed by atoms with E-state index < -0.39 is 0 Å². The SMILES string of the molecule is [3H]Oc1ccc(N2CCN(c3ccc(NC)cc3)CC2)cc1. The molecule has 0 atom stereocenters. The predicted octanol–water partition coefficient (Wildman–Crippen LogP) is 2.76. The molecule has 0 amide bonds. The summed E-state index contributed by atoms with van der Waals surface area (Å²) in [6.45, 7) is 4.01. The number of nitrogens with zero attached hydrogens (tertiary/aromatic N) is 2. The van der Waals surface area contributed by atoms with Crippen LogP contribution in [-0.4, -0.2) is 39.8 Å². The van der Waals surface area contributed by atoms with Crippen molar-refractivity contribution in [1.82, 2.24) is 0 Å². The molecule has 2 aromatic carbocycles. The van der Waals surface area contributed by atoms with E-state index in [2.05, 4.69) is 44.5 Å². The molecular weight excluding hydrogens is 262 g/mol. The van der Waals surface area contributed by atoms with Crippen LogP contribution in [0.5, 0.6) is 5.75 Å². The van der Waals surface area contributed by atoms with E-state index in [9.17, 15) is 0 Å².